The number of nitrogens with zero attached hydrogens (tertiary/aromatic N) is 3. The van der Waals surface area contributed by atoms with Crippen molar-refractivity contribution in [1.29, 1.82) is 5.26 Å². The zero-order valence-electron chi connectivity index (χ0n) is 20.4. The van der Waals surface area contributed by atoms with Crippen molar-refractivity contribution in [3.8, 4) is 11.8 Å². The molecular formula is C27H21F3N4O3S. The lowest BCUT2D eigenvalue weighted by molar-refractivity contribution is -0.251. The van der Waals surface area contributed by atoms with Gasteiger partial charge >= 0.3 is 6.18 Å². The number of alkyl halides is 3. The van der Waals surface area contributed by atoms with E-state index in [-0.39, 0.29) is 22.0 Å². The minimum absolute atomic E-state index is 0.0171. The van der Waals surface area contributed by atoms with Gasteiger partial charge in [0.15, 0.2) is 15.7 Å². The highest BCUT2D eigenvalue weighted by molar-refractivity contribution is 7.90. The quantitative estimate of drug-likeness (QED) is 0.327. The number of benzene rings is 3. The molecule has 0 aliphatic carbocycles. The Morgan fingerprint density at radius 3 is 2.39 bits per heavy atom. The van der Waals surface area contributed by atoms with Gasteiger partial charge in [0.05, 0.1) is 33.1 Å². The number of aryl methyl sites for hydroxylation is 2. The van der Waals surface area contributed by atoms with Crippen LogP contribution < -0.4 is 0 Å². The summed E-state index contributed by atoms with van der Waals surface area (Å²) in [6.45, 7) is 3.45. The highest BCUT2D eigenvalue weighted by atomic mass is 32.2. The van der Waals surface area contributed by atoms with Crippen LogP contribution in [0.1, 0.15) is 28.1 Å². The first-order valence-corrected chi connectivity index (χ1v) is 13.3. The molecule has 0 spiro atoms. The zero-order chi connectivity index (χ0) is 27.6. The maximum absolute atomic E-state index is 15.0. The lowest BCUT2D eigenvalue weighted by Gasteiger charge is -2.31. The van der Waals surface area contributed by atoms with E-state index in [4.69, 9.17) is 0 Å². The van der Waals surface area contributed by atoms with Gasteiger partial charge in [0.25, 0.3) is 0 Å². The predicted octanol–water partition coefficient (Wildman–Crippen LogP) is 5.20. The van der Waals surface area contributed by atoms with Gasteiger partial charge in [0.1, 0.15) is 0 Å². The van der Waals surface area contributed by atoms with Gasteiger partial charge < -0.3 is 14.7 Å². The Bertz CT molecular complexity index is 1900. The van der Waals surface area contributed by atoms with Crippen molar-refractivity contribution in [1.82, 2.24) is 14.5 Å². The fourth-order valence-corrected chi connectivity index (χ4v) is 5.87. The smallest absolute Gasteiger partial charge is 0.370 e. The number of rotatable bonds is 4. The lowest BCUT2D eigenvalue weighted by atomic mass is 9.88. The van der Waals surface area contributed by atoms with E-state index in [1.807, 2.05) is 25.1 Å². The number of hydrogen-bond donors (Lipinski definition) is 2. The number of sulfone groups is 1. The molecule has 0 bridgehead atoms. The van der Waals surface area contributed by atoms with Crippen LogP contribution in [0.25, 0.3) is 27.6 Å². The molecule has 0 aliphatic heterocycles. The first kappa shape index (κ1) is 25.5. The van der Waals surface area contributed by atoms with Gasteiger partial charge in [-0.25, -0.2) is 13.4 Å². The largest absolute Gasteiger partial charge is 0.428 e. The van der Waals surface area contributed by atoms with E-state index in [0.29, 0.717) is 16.8 Å². The summed E-state index contributed by atoms with van der Waals surface area (Å²) in [5.74, 6) is -0.909. The van der Waals surface area contributed by atoms with Crippen LogP contribution in [0.4, 0.5) is 13.2 Å². The summed E-state index contributed by atoms with van der Waals surface area (Å²) in [6.07, 6.45) is -3.04. The second-order valence-electron chi connectivity index (χ2n) is 9.21. The fraction of sp³-hybridized carbons (Fsp3) is 0.185. The van der Waals surface area contributed by atoms with Gasteiger partial charge in [-0.15, -0.1) is 0 Å². The molecule has 11 heteroatoms. The molecule has 5 aromatic rings. The van der Waals surface area contributed by atoms with Crippen LogP contribution in [-0.4, -0.2) is 40.5 Å². The Balaban J connectivity index is 1.94. The average Bonchev–Trinajstić information content (AvgIpc) is 3.47. The summed E-state index contributed by atoms with van der Waals surface area (Å²) in [5, 5.41) is 20.7. The molecule has 2 N–H and O–H groups in total. The highest BCUT2D eigenvalue weighted by Gasteiger charge is 2.61. The topological polar surface area (TPSA) is 112 Å². The zero-order valence-corrected chi connectivity index (χ0v) is 21.2. The van der Waals surface area contributed by atoms with Crippen LogP contribution in [0.3, 0.4) is 0 Å². The lowest BCUT2D eigenvalue weighted by Crippen LogP contribution is -2.45. The Hall–Kier alpha value is -4.14. The minimum atomic E-state index is -5.38. The van der Waals surface area contributed by atoms with Crippen molar-refractivity contribution >= 4 is 31.8 Å². The summed E-state index contributed by atoms with van der Waals surface area (Å²) in [6, 6.07) is 15.7. The average molecular weight is 539 g/mol. The maximum Gasteiger partial charge on any atom is 0.428 e. The summed E-state index contributed by atoms with van der Waals surface area (Å²) >= 11 is 0. The number of para-hydroxylation sites is 1. The molecule has 0 saturated carbocycles. The molecule has 0 fully saturated rings. The molecule has 0 aliphatic rings. The third-order valence-corrected chi connectivity index (χ3v) is 7.75. The van der Waals surface area contributed by atoms with Gasteiger partial charge in [-0.05, 0) is 61.4 Å². The van der Waals surface area contributed by atoms with Crippen LogP contribution >= 0.6 is 0 Å². The van der Waals surface area contributed by atoms with Crippen molar-refractivity contribution in [2.24, 2.45) is 0 Å². The molecule has 3 aromatic carbocycles. The monoisotopic (exact) mass is 538 g/mol. The van der Waals surface area contributed by atoms with Gasteiger partial charge in [-0.2, -0.15) is 18.4 Å². The standard InChI is InChI=1S/C27H21F3N4O3S/c1-15-6-4-5-7-21(15)34-11-10-18-23(22(38(3,36)37)12-16(2)24(18)34)26(35,27(28,29)30)25-32-19-9-8-17(14-31)13-20(19)33-25/h4-13,35H,1-3H3,(H,32,33). The number of hydrogen-bond acceptors (Lipinski definition) is 5. The molecule has 0 amide bonds. The summed E-state index contributed by atoms with van der Waals surface area (Å²) in [5.41, 5.74) is -2.11. The molecule has 0 radical (unpaired) electrons. The predicted molar refractivity (Wildman–Crippen MR) is 136 cm³/mol. The number of fused-ring (bicyclic) bond motifs is 2. The van der Waals surface area contributed by atoms with Crippen LogP contribution in [0.5, 0.6) is 0 Å². The van der Waals surface area contributed by atoms with Crippen LogP contribution in [0.15, 0.2) is 65.7 Å². The van der Waals surface area contributed by atoms with Crippen LogP contribution in [-0.2, 0) is 15.4 Å². The van der Waals surface area contributed by atoms with Crippen molar-refractivity contribution in [2.45, 2.75) is 30.5 Å². The van der Waals surface area contributed by atoms with Gasteiger partial charge in [0.2, 0.25) is 5.60 Å². The van der Waals surface area contributed by atoms with Gasteiger partial charge in [-0.1, -0.05) is 18.2 Å². The molecule has 194 valence electrons. The Labute approximate surface area is 215 Å². The molecule has 5 rings (SSSR count). The molecule has 1 atom stereocenters. The number of aromatic amines is 1. The van der Waals surface area contributed by atoms with E-state index in [0.717, 1.165) is 17.9 Å². The third kappa shape index (κ3) is 3.76. The van der Waals surface area contributed by atoms with Crippen molar-refractivity contribution in [3.63, 3.8) is 0 Å². The molecular weight excluding hydrogens is 517 g/mol. The third-order valence-electron chi connectivity index (χ3n) is 6.62. The van der Waals surface area contributed by atoms with E-state index < -0.39 is 37.9 Å². The summed E-state index contributed by atoms with van der Waals surface area (Å²) < 4.78 is 72.4. The van der Waals surface area contributed by atoms with E-state index in [9.17, 15) is 32.0 Å². The molecule has 38 heavy (non-hydrogen) atoms. The highest BCUT2D eigenvalue weighted by Crippen LogP contribution is 2.49. The minimum Gasteiger partial charge on any atom is -0.370 e. The second-order valence-corrected chi connectivity index (χ2v) is 11.2. The Morgan fingerprint density at radius 1 is 1.05 bits per heavy atom. The molecule has 0 saturated heterocycles. The number of H-pyrrole nitrogens is 1. The molecule has 2 aromatic heterocycles. The number of nitrogens with one attached hydrogen (secondary N) is 1. The van der Waals surface area contributed by atoms with Crippen LogP contribution in [0.2, 0.25) is 0 Å². The first-order valence-electron chi connectivity index (χ1n) is 11.4. The van der Waals surface area contributed by atoms with Crippen molar-refractivity contribution in [3.05, 3.63) is 88.9 Å². The number of aliphatic hydroxyl groups is 1. The fourth-order valence-electron chi connectivity index (χ4n) is 4.85. The van der Waals surface area contributed by atoms with Crippen LogP contribution in [0, 0.1) is 25.2 Å². The summed E-state index contributed by atoms with van der Waals surface area (Å²) in [4.78, 5) is 5.83. The number of aromatic nitrogens is 3. The number of imidazole rings is 1. The SMILES string of the molecule is Cc1ccccc1-n1ccc2c(C(O)(c3nc4cc(C#N)ccc4[nH]3)C(F)(F)F)c(S(C)(=O)=O)cc(C)c21. The van der Waals surface area contributed by atoms with E-state index in [1.54, 1.807) is 29.8 Å². The molecule has 1 unspecified atom stereocenters. The Kier molecular flexibility index (Phi) is 5.67. The molecule has 7 nitrogen and oxygen atoms in total. The molecule has 2 heterocycles. The second kappa shape index (κ2) is 8.44. The number of nitriles is 1. The van der Waals surface area contributed by atoms with Crippen molar-refractivity contribution < 1.29 is 26.7 Å². The summed E-state index contributed by atoms with van der Waals surface area (Å²) in [7, 11) is -4.26. The van der Waals surface area contributed by atoms with E-state index in [1.165, 1.54) is 24.3 Å². The normalized spacial score (nSPS) is 14.1. The van der Waals surface area contributed by atoms with E-state index in [2.05, 4.69) is 9.97 Å². The maximum atomic E-state index is 15.0. The van der Waals surface area contributed by atoms with Gasteiger partial charge in [-0.3, -0.25) is 0 Å². The van der Waals surface area contributed by atoms with Gasteiger partial charge in [0, 0.05) is 29.1 Å². The van der Waals surface area contributed by atoms with E-state index >= 15 is 0 Å². The Morgan fingerprint density at radius 2 is 1.76 bits per heavy atom. The number of halogens is 3. The first-order chi connectivity index (χ1) is 17.8. The van der Waals surface area contributed by atoms with Crippen molar-refractivity contribution in [2.75, 3.05) is 6.26 Å².